The standard InChI is InChI=1S/C14H27N/c1-3-5-9-13(15-10-4-2)14-11-7-6-8-12(11)14/h11-15H,3-10H2,1-2H3. The van der Waals surface area contributed by atoms with E-state index in [9.17, 15) is 0 Å². The maximum absolute atomic E-state index is 3.79. The average Bonchev–Trinajstić information content (AvgIpc) is 2.73. The zero-order chi connectivity index (χ0) is 10.7. The van der Waals surface area contributed by atoms with Crippen molar-refractivity contribution < 1.29 is 0 Å². The Kier molecular flexibility index (Phi) is 4.07. The molecule has 1 heteroatoms. The Morgan fingerprint density at radius 2 is 1.87 bits per heavy atom. The van der Waals surface area contributed by atoms with Crippen LogP contribution in [0.25, 0.3) is 0 Å². The van der Waals surface area contributed by atoms with Gasteiger partial charge in [-0.3, -0.25) is 0 Å². The molecule has 2 fully saturated rings. The first kappa shape index (κ1) is 11.4. The van der Waals surface area contributed by atoms with E-state index in [2.05, 4.69) is 19.2 Å². The molecule has 2 saturated carbocycles. The van der Waals surface area contributed by atoms with Gasteiger partial charge in [0.1, 0.15) is 0 Å². The minimum atomic E-state index is 0.861. The third kappa shape index (κ3) is 2.55. The summed E-state index contributed by atoms with van der Waals surface area (Å²) in [5.41, 5.74) is 0. The normalized spacial score (nSPS) is 35.2. The van der Waals surface area contributed by atoms with E-state index >= 15 is 0 Å². The molecule has 0 bridgehead atoms. The van der Waals surface area contributed by atoms with Gasteiger partial charge in [0.25, 0.3) is 0 Å². The third-order valence-electron chi connectivity index (χ3n) is 4.46. The Morgan fingerprint density at radius 1 is 1.13 bits per heavy atom. The van der Waals surface area contributed by atoms with Crippen LogP contribution in [0.5, 0.6) is 0 Å². The van der Waals surface area contributed by atoms with Crippen molar-refractivity contribution in [2.75, 3.05) is 6.54 Å². The van der Waals surface area contributed by atoms with Crippen molar-refractivity contribution in [2.24, 2.45) is 17.8 Å². The summed E-state index contributed by atoms with van der Waals surface area (Å²) in [6, 6.07) is 0.861. The Morgan fingerprint density at radius 3 is 2.47 bits per heavy atom. The zero-order valence-electron chi connectivity index (χ0n) is 10.5. The van der Waals surface area contributed by atoms with E-state index in [4.69, 9.17) is 0 Å². The van der Waals surface area contributed by atoms with Crippen molar-refractivity contribution in [3.8, 4) is 0 Å². The highest BCUT2D eigenvalue weighted by Gasteiger charge is 2.55. The molecule has 0 amide bonds. The number of nitrogens with one attached hydrogen (secondary N) is 1. The first-order valence-corrected chi connectivity index (χ1v) is 7.11. The molecule has 2 aliphatic rings. The molecule has 1 N–H and O–H groups in total. The van der Waals surface area contributed by atoms with Gasteiger partial charge in [-0.1, -0.05) is 33.1 Å². The van der Waals surface area contributed by atoms with Gasteiger partial charge < -0.3 is 5.32 Å². The molecule has 3 unspecified atom stereocenters. The van der Waals surface area contributed by atoms with Crippen LogP contribution in [0.3, 0.4) is 0 Å². The van der Waals surface area contributed by atoms with Gasteiger partial charge >= 0.3 is 0 Å². The summed E-state index contributed by atoms with van der Waals surface area (Å²) < 4.78 is 0. The van der Waals surface area contributed by atoms with Crippen LogP contribution in [-0.4, -0.2) is 12.6 Å². The molecule has 3 atom stereocenters. The van der Waals surface area contributed by atoms with Crippen molar-refractivity contribution in [3.05, 3.63) is 0 Å². The highest BCUT2D eigenvalue weighted by Crippen LogP contribution is 2.59. The van der Waals surface area contributed by atoms with Crippen molar-refractivity contribution in [1.82, 2.24) is 5.32 Å². The summed E-state index contributed by atoms with van der Waals surface area (Å²) in [6.07, 6.45) is 10.1. The van der Waals surface area contributed by atoms with Gasteiger partial charge in [0, 0.05) is 6.04 Å². The topological polar surface area (TPSA) is 12.0 Å². The molecular formula is C14H27N. The smallest absolute Gasteiger partial charge is 0.0101 e. The van der Waals surface area contributed by atoms with Crippen molar-refractivity contribution in [1.29, 1.82) is 0 Å². The van der Waals surface area contributed by atoms with Gasteiger partial charge in [-0.2, -0.15) is 0 Å². The summed E-state index contributed by atoms with van der Waals surface area (Å²) in [7, 11) is 0. The molecule has 1 nitrogen and oxygen atoms in total. The van der Waals surface area contributed by atoms with Crippen LogP contribution in [0.1, 0.15) is 58.8 Å². The summed E-state index contributed by atoms with van der Waals surface area (Å²) >= 11 is 0. The summed E-state index contributed by atoms with van der Waals surface area (Å²) in [5, 5.41) is 3.79. The monoisotopic (exact) mass is 209 g/mol. The van der Waals surface area contributed by atoms with E-state index in [1.807, 2.05) is 0 Å². The fourth-order valence-electron chi connectivity index (χ4n) is 3.66. The molecule has 0 heterocycles. The second-order valence-electron chi connectivity index (χ2n) is 5.54. The number of fused-ring (bicyclic) bond motifs is 1. The lowest BCUT2D eigenvalue weighted by atomic mass is 9.99. The molecule has 88 valence electrons. The van der Waals surface area contributed by atoms with E-state index in [-0.39, 0.29) is 0 Å². The van der Waals surface area contributed by atoms with E-state index in [0.717, 1.165) is 23.8 Å². The molecule has 15 heavy (non-hydrogen) atoms. The maximum Gasteiger partial charge on any atom is 0.0101 e. The Bertz CT molecular complexity index is 172. The van der Waals surface area contributed by atoms with E-state index in [1.165, 1.54) is 51.5 Å². The summed E-state index contributed by atoms with van der Waals surface area (Å²) in [4.78, 5) is 0. The molecule has 0 aromatic carbocycles. The molecule has 0 spiro atoms. The van der Waals surface area contributed by atoms with Gasteiger partial charge in [-0.15, -0.1) is 0 Å². The summed E-state index contributed by atoms with van der Waals surface area (Å²) in [6.45, 7) is 5.81. The average molecular weight is 209 g/mol. The molecule has 2 aliphatic carbocycles. The maximum atomic E-state index is 3.79. The molecule has 0 aromatic rings. The SMILES string of the molecule is CCCCC(NCCC)C1C2CCCC21. The summed E-state index contributed by atoms with van der Waals surface area (Å²) in [5.74, 6) is 3.31. The molecule has 0 radical (unpaired) electrons. The van der Waals surface area contributed by atoms with Crippen molar-refractivity contribution in [2.45, 2.75) is 64.8 Å². The Balaban J connectivity index is 1.77. The Hall–Kier alpha value is -0.0400. The van der Waals surface area contributed by atoms with Crippen LogP contribution in [0.2, 0.25) is 0 Å². The van der Waals surface area contributed by atoms with Crippen LogP contribution in [-0.2, 0) is 0 Å². The molecule has 0 saturated heterocycles. The molecule has 2 rings (SSSR count). The van der Waals surface area contributed by atoms with Crippen LogP contribution >= 0.6 is 0 Å². The lowest BCUT2D eigenvalue weighted by molar-refractivity contribution is 0.376. The zero-order valence-corrected chi connectivity index (χ0v) is 10.5. The third-order valence-corrected chi connectivity index (χ3v) is 4.46. The minimum absolute atomic E-state index is 0.861. The van der Waals surface area contributed by atoms with E-state index in [0.29, 0.717) is 0 Å². The highest BCUT2D eigenvalue weighted by atomic mass is 14.9. The van der Waals surface area contributed by atoms with Gasteiger partial charge in [0.2, 0.25) is 0 Å². The van der Waals surface area contributed by atoms with Crippen LogP contribution < -0.4 is 5.32 Å². The quantitative estimate of drug-likeness (QED) is 0.675. The fraction of sp³-hybridized carbons (Fsp3) is 1.00. The number of hydrogen-bond donors (Lipinski definition) is 1. The highest BCUT2D eigenvalue weighted by molar-refractivity contribution is 5.06. The number of hydrogen-bond acceptors (Lipinski definition) is 1. The fourth-order valence-corrected chi connectivity index (χ4v) is 3.66. The van der Waals surface area contributed by atoms with Crippen LogP contribution in [0.4, 0.5) is 0 Å². The largest absolute Gasteiger partial charge is 0.314 e. The van der Waals surface area contributed by atoms with Gasteiger partial charge in [-0.05, 0) is 50.0 Å². The predicted molar refractivity (Wildman–Crippen MR) is 65.9 cm³/mol. The van der Waals surface area contributed by atoms with Crippen LogP contribution in [0, 0.1) is 17.8 Å². The second-order valence-corrected chi connectivity index (χ2v) is 5.54. The molecule has 0 aromatic heterocycles. The van der Waals surface area contributed by atoms with Crippen molar-refractivity contribution >= 4 is 0 Å². The van der Waals surface area contributed by atoms with Crippen molar-refractivity contribution in [3.63, 3.8) is 0 Å². The molecular weight excluding hydrogens is 182 g/mol. The van der Waals surface area contributed by atoms with Crippen LogP contribution in [0.15, 0.2) is 0 Å². The van der Waals surface area contributed by atoms with E-state index < -0.39 is 0 Å². The number of rotatable bonds is 7. The lowest BCUT2D eigenvalue weighted by Gasteiger charge is -2.20. The predicted octanol–water partition coefficient (Wildman–Crippen LogP) is 3.59. The van der Waals surface area contributed by atoms with Gasteiger partial charge in [-0.25, -0.2) is 0 Å². The first-order valence-electron chi connectivity index (χ1n) is 7.11. The Labute approximate surface area is 95.0 Å². The first-order chi connectivity index (χ1) is 7.38. The second kappa shape index (κ2) is 5.34. The van der Waals surface area contributed by atoms with Gasteiger partial charge in [0.15, 0.2) is 0 Å². The van der Waals surface area contributed by atoms with Gasteiger partial charge in [0.05, 0.1) is 0 Å². The minimum Gasteiger partial charge on any atom is -0.314 e. The molecule has 0 aliphatic heterocycles. The lowest BCUT2D eigenvalue weighted by Crippen LogP contribution is -2.33. The number of unbranched alkanes of at least 4 members (excludes halogenated alkanes) is 1. The van der Waals surface area contributed by atoms with E-state index in [1.54, 1.807) is 0 Å².